The molecule has 5 rings (SSSR count). The maximum Gasteiger partial charge on any atom is 0.255 e. The predicted molar refractivity (Wildman–Crippen MR) is 145 cm³/mol. The van der Waals surface area contributed by atoms with E-state index in [9.17, 15) is 4.79 Å². The molecule has 0 bridgehead atoms. The minimum absolute atomic E-state index is 0.0562. The number of amides is 1. The van der Waals surface area contributed by atoms with Crippen LogP contribution in [0.25, 0.3) is 0 Å². The Bertz CT molecular complexity index is 1300. The maximum atomic E-state index is 13.0. The van der Waals surface area contributed by atoms with Crippen molar-refractivity contribution >= 4 is 17.3 Å². The van der Waals surface area contributed by atoms with Crippen LogP contribution in [-0.4, -0.2) is 20.1 Å². The number of ether oxygens (including phenoxy) is 2. The van der Waals surface area contributed by atoms with Gasteiger partial charge in [0.1, 0.15) is 0 Å². The van der Waals surface area contributed by atoms with Gasteiger partial charge in [0, 0.05) is 22.9 Å². The third-order valence-corrected chi connectivity index (χ3v) is 7.40. The number of carbonyl (C=O) groups excluding carboxylic acids is 1. The first-order valence-corrected chi connectivity index (χ1v) is 12.5. The molecule has 0 radical (unpaired) electrons. The topological polar surface area (TPSA) is 59.6 Å². The van der Waals surface area contributed by atoms with Crippen molar-refractivity contribution in [2.45, 2.75) is 44.6 Å². The molecule has 0 saturated carbocycles. The molecule has 3 aromatic carbocycles. The summed E-state index contributed by atoms with van der Waals surface area (Å²) in [6, 6.07) is 20.3. The summed E-state index contributed by atoms with van der Waals surface area (Å²) >= 11 is 0. The third-order valence-electron chi connectivity index (χ3n) is 7.40. The summed E-state index contributed by atoms with van der Waals surface area (Å²) in [4.78, 5) is 13.0. The van der Waals surface area contributed by atoms with E-state index in [1.54, 1.807) is 14.2 Å². The van der Waals surface area contributed by atoms with E-state index in [-0.39, 0.29) is 23.3 Å². The van der Waals surface area contributed by atoms with Crippen molar-refractivity contribution in [1.29, 1.82) is 0 Å². The lowest BCUT2D eigenvalue weighted by atomic mass is 9.77. The number of nitrogens with one attached hydrogen (secondary N) is 2. The largest absolute Gasteiger partial charge is 0.493 e. The molecule has 3 aromatic rings. The second kappa shape index (κ2) is 9.38. The number of rotatable bonds is 5. The van der Waals surface area contributed by atoms with E-state index in [2.05, 4.69) is 67.8 Å². The number of fused-ring (bicyclic) bond motifs is 3. The van der Waals surface area contributed by atoms with Gasteiger partial charge >= 0.3 is 0 Å². The molecule has 1 aliphatic carbocycles. The van der Waals surface area contributed by atoms with Crippen LogP contribution in [0.15, 0.2) is 72.8 Å². The zero-order valence-electron chi connectivity index (χ0n) is 21.6. The molecule has 0 fully saturated rings. The van der Waals surface area contributed by atoms with Gasteiger partial charge in [0.25, 0.3) is 5.91 Å². The SMILES string of the molecule is COc1ccc(C2Nc3ccc(NC(=O)c4ccc(C(C)(C)C)cc4)cc3C3C=CCC32)cc1OC. The molecule has 2 aliphatic rings. The van der Waals surface area contributed by atoms with E-state index in [4.69, 9.17) is 9.47 Å². The van der Waals surface area contributed by atoms with Crippen LogP contribution in [0, 0.1) is 5.92 Å². The van der Waals surface area contributed by atoms with Crippen LogP contribution in [0.1, 0.15) is 66.2 Å². The molecule has 3 atom stereocenters. The van der Waals surface area contributed by atoms with Crippen molar-refractivity contribution in [2.75, 3.05) is 24.9 Å². The lowest BCUT2D eigenvalue weighted by molar-refractivity contribution is 0.102. The zero-order valence-corrected chi connectivity index (χ0v) is 21.6. The highest BCUT2D eigenvalue weighted by atomic mass is 16.5. The first kappa shape index (κ1) is 24.0. The molecule has 5 nitrogen and oxygen atoms in total. The average Bonchev–Trinajstić information content (AvgIpc) is 3.38. The Morgan fingerprint density at radius 1 is 0.944 bits per heavy atom. The van der Waals surface area contributed by atoms with Gasteiger partial charge in [-0.25, -0.2) is 0 Å². The first-order valence-electron chi connectivity index (χ1n) is 12.5. The number of carbonyl (C=O) groups is 1. The smallest absolute Gasteiger partial charge is 0.255 e. The number of anilines is 2. The molecule has 1 heterocycles. The Hall–Kier alpha value is -3.73. The highest BCUT2D eigenvalue weighted by molar-refractivity contribution is 6.04. The van der Waals surface area contributed by atoms with E-state index in [0.29, 0.717) is 11.5 Å². The Balaban J connectivity index is 1.39. The van der Waals surface area contributed by atoms with Crippen molar-refractivity contribution in [3.63, 3.8) is 0 Å². The first-order chi connectivity index (χ1) is 17.3. The summed E-state index contributed by atoms with van der Waals surface area (Å²) in [6.45, 7) is 6.51. The van der Waals surface area contributed by atoms with Crippen molar-refractivity contribution < 1.29 is 14.3 Å². The van der Waals surface area contributed by atoms with E-state index in [1.165, 1.54) is 16.7 Å². The van der Waals surface area contributed by atoms with Crippen LogP contribution in [0.5, 0.6) is 11.5 Å². The van der Waals surface area contributed by atoms with E-state index < -0.39 is 0 Å². The molecule has 0 saturated heterocycles. The molecule has 0 spiro atoms. The Morgan fingerprint density at radius 2 is 1.69 bits per heavy atom. The lowest BCUT2D eigenvalue weighted by Crippen LogP contribution is -2.29. The van der Waals surface area contributed by atoms with Gasteiger partial charge in [-0.2, -0.15) is 0 Å². The highest BCUT2D eigenvalue weighted by Gasteiger charge is 2.38. The second-order valence-electron chi connectivity index (χ2n) is 10.7. The summed E-state index contributed by atoms with van der Waals surface area (Å²) < 4.78 is 11.0. The summed E-state index contributed by atoms with van der Waals surface area (Å²) in [6.07, 6.45) is 5.56. The number of methoxy groups -OCH3 is 2. The summed E-state index contributed by atoms with van der Waals surface area (Å²) in [5, 5.41) is 6.85. The van der Waals surface area contributed by atoms with Crippen molar-refractivity contribution in [1.82, 2.24) is 0 Å². The standard InChI is InChI=1S/C31H34N2O3/c1-31(2,3)21-12-9-19(10-13-21)30(34)32-22-14-15-26-25(18-22)23-7-6-8-24(23)29(33-26)20-11-16-27(35-4)28(17-20)36-5/h6-7,9-18,23-24,29,33H,8H2,1-5H3,(H,32,34). The quantitative estimate of drug-likeness (QED) is 0.382. The second-order valence-corrected chi connectivity index (χ2v) is 10.7. The number of hydrogen-bond acceptors (Lipinski definition) is 4. The van der Waals surface area contributed by atoms with Gasteiger partial charge in [-0.15, -0.1) is 0 Å². The number of benzene rings is 3. The number of hydrogen-bond donors (Lipinski definition) is 2. The van der Waals surface area contributed by atoms with Gasteiger partial charge in [-0.1, -0.05) is 51.1 Å². The van der Waals surface area contributed by atoms with Gasteiger partial charge in [-0.05, 0) is 76.9 Å². The van der Waals surface area contributed by atoms with Gasteiger partial charge in [0.05, 0.1) is 20.3 Å². The van der Waals surface area contributed by atoms with Crippen molar-refractivity contribution in [3.8, 4) is 11.5 Å². The molecule has 3 unspecified atom stereocenters. The fourth-order valence-corrected chi connectivity index (χ4v) is 5.37. The molecule has 0 aromatic heterocycles. The highest BCUT2D eigenvalue weighted by Crippen LogP contribution is 2.51. The van der Waals surface area contributed by atoms with Gasteiger partial charge < -0.3 is 20.1 Å². The van der Waals surface area contributed by atoms with Crippen LogP contribution >= 0.6 is 0 Å². The van der Waals surface area contributed by atoms with Crippen LogP contribution in [-0.2, 0) is 5.41 Å². The fraction of sp³-hybridized carbons (Fsp3) is 0.323. The lowest BCUT2D eigenvalue weighted by Gasteiger charge is -2.38. The van der Waals surface area contributed by atoms with Crippen LogP contribution in [0.2, 0.25) is 0 Å². The molecule has 186 valence electrons. The normalized spacial score (nSPS) is 20.2. The minimum atomic E-state index is -0.0964. The van der Waals surface area contributed by atoms with Crippen molar-refractivity contribution in [3.05, 3.63) is 95.1 Å². The van der Waals surface area contributed by atoms with Crippen molar-refractivity contribution in [2.24, 2.45) is 5.92 Å². The molecular formula is C31H34N2O3. The van der Waals surface area contributed by atoms with E-state index in [0.717, 1.165) is 29.3 Å². The number of allylic oxidation sites excluding steroid dienone is 2. The molecule has 2 N–H and O–H groups in total. The Morgan fingerprint density at radius 3 is 2.39 bits per heavy atom. The predicted octanol–water partition coefficient (Wildman–Crippen LogP) is 7.08. The Labute approximate surface area is 213 Å². The van der Waals surface area contributed by atoms with Gasteiger partial charge in [-0.3, -0.25) is 4.79 Å². The van der Waals surface area contributed by atoms with Crippen LogP contribution in [0.4, 0.5) is 11.4 Å². The molecule has 5 heteroatoms. The van der Waals surface area contributed by atoms with Crippen LogP contribution in [0.3, 0.4) is 0 Å². The minimum Gasteiger partial charge on any atom is -0.493 e. The van der Waals surface area contributed by atoms with Crippen LogP contribution < -0.4 is 20.1 Å². The third kappa shape index (κ3) is 4.46. The molecule has 36 heavy (non-hydrogen) atoms. The average molecular weight is 483 g/mol. The van der Waals surface area contributed by atoms with Gasteiger partial charge in [0.15, 0.2) is 11.5 Å². The van der Waals surface area contributed by atoms with Gasteiger partial charge in [0.2, 0.25) is 0 Å². The van der Waals surface area contributed by atoms with E-state index >= 15 is 0 Å². The maximum absolute atomic E-state index is 13.0. The molecule has 1 amide bonds. The summed E-state index contributed by atoms with van der Waals surface area (Å²) in [7, 11) is 3.32. The summed E-state index contributed by atoms with van der Waals surface area (Å²) in [5.74, 6) is 2.03. The Kier molecular flexibility index (Phi) is 6.25. The monoisotopic (exact) mass is 482 g/mol. The summed E-state index contributed by atoms with van der Waals surface area (Å²) in [5.41, 5.74) is 6.22. The molecule has 1 aliphatic heterocycles. The zero-order chi connectivity index (χ0) is 25.4. The molecular weight excluding hydrogens is 448 g/mol. The van der Waals surface area contributed by atoms with E-state index in [1.807, 2.05) is 36.4 Å². The fourth-order valence-electron chi connectivity index (χ4n) is 5.37.